The fourth-order valence-corrected chi connectivity index (χ4v) is 9.56. The van der Waals surface area contributed by atoms with Crippen molar-refractivity contribution in [2.45, 2.75) is 181 Å². The van der Waals surface area contributed by atoms with E-state index >= 15 is 0 Å². The number of aliphatic carboxylic acids is 1. The maximum atomic E-state index is 13.9. The molecule has 64 heavy (non-hydrogen) atoms. The van der Waals surface area contributed by atoms with E-state index in [4.69, 9.17) is 9.47 Å². The summed E-state index contributed by atoms with van der Waals surface area (Å²) in [5.41, 5.74) is 5.79. The monoisotopic (exact) mass is 883 g/mol. The van der Waals surface area contributed by atoms with Crippen molar-refractivity contribution in [3.05, 3.63) is 92.1 Å². The molecule has 12 nitrogen and oxygen atoms in total. The molecule has 0 saturated heterocycles. The molecule has 2 amide bonds. The summed E-state index contributed by atoms with van der Waals surface area (Å²) in [5, 5.41) is 54.9. The highest BCUT2D eigenvalue weighted by Gasteiger charge is 2.47. The highest BCUT2D eigenvalue weighted by atomic mass is 16.5. The van der Waals surface area contributed by atoms with Crippen LogP contribution in [0.2, 0.25) is 0 Å². The fourth-order valence-electron chi connectivity index (χ4n) is 9.56. The molecule has 5 N–H and O–H groups in total. The van der Waals surface area contributed by atoms with Gasteiger partial charge in [-0.05, 0) is 138 Å². The second-order valence-corrected chi connectivity index (χ2v) is 19.6. The van der Waals surface area contributed by atoms with E-state index in [1.54, 1.807) is 4.90 Å². The summed E-state index contributed by atoms with van der Waals surface area (Å²) in [6.07, 6.45) is 14.6. The molecule has 12 heteroatoms. The number of amides is 2. The molecule has 0 unspecified atom stereocenters. The Morgan fingerprint density at radius 1 is 0.703 bits per heavy atom. The minimum atomic E-state index is -1.17. The van der Waals surface area contributed by atoms with Gasteiger partial charge >= 0.3 is 5.97 Å². The van der Waals surface area contributed by atoms with Crippen LogP contribution >= 0.6 is 0 Å². The zero-order chi connectivity index (χ0) is 46.7. The summed E-state index contributed by atoms with van der Waals surface area (Å²) < 4.78 is 13.1. The first-order chi connectivity index (χ1) is 30.2. The lowest BCUT2D eigenvalue weighted by Gasteiger charge is -2.41. The molecule has 0 spiro atoms. The number of fused-ring (bicyclic) bond motifs is 6. The number of aliphatic hydroxyl groups is 2. The highest BCUT2D eigenvalue weighted by molar-refractivity contribution is 6.02. The van der Waals surface area contributed by atoms with Gasteiger partial charge in [-0.25, -0.2) is 4.79 Å². The molecule has 0 radical (unpaired) electrons. The van der Waals surface area contributed by atoms with Crippen LogP contribution in [0.4, 0.5) is 0 Å². The molecule has 5 atom stereocenters. The third kappa shape index (κ3) is 10.5. The van der Waals surface area contributed by atoms with Gasteiger partial charge in [0.2, 0.25) is 0 Å². The molecule has 0 bridgehead atoms. The number of hydrogen-bond donors (Lipinski definition) is 5. The van der Waals surface area contributed by atoms with Crippen LogP contribution in [0.3, 0.4) is 0 Å². The summed E-state index contributed by atoms with van der Waals surface area (Å²) in [4.78, 5) is 43.3. The van der Waals surface area contributed by atoms with Crippen LogP contribution in [0.25, 0.3) is 0 Å². The topological polar surface area (TPSA) is 177 Å². The average molecular weight is 883 g/mol. The summed E-state index contributed by atoms with van der Waals surface area (Å²) >= 11 is 0. The van der Waals surface area contributed by atoms with E-state index in [1.165, 1.54) is 39.3 Å². The molecule has 4 heterocycles. The van der Waals surface area contributed by atoms with Gasteiger partial charge in [0.25, 0.3) is 11.8 Å². The minimum Gasteiger partial charge on any atom is -0.508 e. The van der Waals surface area contributed by atoms with Gasteiger partial charge in [-0.2, -0.15) is 0 Å². The molecule has 4 aliphatic rings. The number of aromatic hydroxyl groups is 2. The number of carbonyl (C=O) groups is 3. The van der Waals surface area contributed by atoms with Crippen LogP contribution in [0.1, 0.15) is 169 Å². The zero-order valence-electron chi connectivity index (χ0n) is 39.2. The largest absolute Gasteiger partial charge is 0.508 e. The van der Waals surface area contributed by atoms with Crippen LogP contribution in [0.5, 0.6) is 23.0 Å². The molecule has 6 rings (SSSR count). The van der Waals surface area contributed by atoms with E-state index in [9.17, 15) is 39.9 Å². The Balaban J connectivity index is 1.08. The lowest BCUT2D eigenvalue weighted by atomic mass is 9.84. The molecule has 0 aliphatic carbocycles. The quantitative estimate of drug-likeness (QED) is 0.0675. The Morgan fingerprint density at radius 2 is 1.17 bits per heavy atom. The van der Waals surface area contributed by atoms with Crippen LogP contribution in [0, 0.1) is 0 Å². The second kappa shape index (κ2) is 20.0. The molecular formula is C52H70N2O10. The van der Waals surface area contributed by atoms with Gasteiger partial charge in [-0.1, -0.05) is 46.6 Å². The van der Waals surface area contributed by atoms with Gasteiger partial charge in [-0.3, -0.25) is 9.59 Å². The fraction of sp³-hybridized carbons (Fsp3) is 0.558. The summed E-state index contributed by atoms with van der Waals surface area (Å²) in [5.74, 6) is -1.39. The number of carboxylic acid groups (broad SMARTS) is 1. The highest BCUT2D eigenvalue weighted by Crippen LogP contribution is 2.48. The van der Waals surface area contributed by atoms with E-state index in [2.05, 4.69) is 65.8 Å². The molecule has 348 valence electrons. The summed E-state index contributed by atoms with van der Waals surface area (Å²) in [6.45, 7) is 16.8. The lowest BCUT2D eigenvalue weighted by molar-refractivity contribution is -0.142. The van der Waals surface area contributed by atoms with Gasteiger partial charge in [0.1, 0.15) is 40.2 Å². The van der Waals surface area contributed by atoms with E-state index < -0.39 is 41.3 Å². The first-order valence-corrected chi connectivity index (χ1v) is 23.1. The number of carbonyl (C=O) groups excluding carboxylic acids is 2. The molecular weight excluding hydrogens is 813 g/mol. The van der Waals surface area contributed by atoms with Crippen LogP contribution < -0.4 is 9.47 Å². The predicted octanol–water partition coefficient (Wildman–Crippen LogP) is 9.39. The van der Waals surface area contributed by atoms with E-state index in [0.29, 0.717) is 84.4 Å². The van der Waals surface area contributed by atoms with Crippen molar-refractivity contribution in [3.8, 4) is 23.0 Å². The van der Waals surface area contributed by atoms with Gasteiger partial charge in [0, 0.05) is 41.6 Å². The van der Waals surface area contributed by atoms with E-state index in [-0.39, 0.29) is 55.3 Å². The van der Waals surface area contributed by atoms with Crippen LogP contribution in [-0.2, 0) is 30.7 Å². The molecule has 0 fully saturated rings. The Labute approximate surface area is 379 Å². The lowest BCUT2D eigenvalue weighted by Crippen LogP contribution is -2.49. The average Bonchev–Trinajstić information content (AvgIpc) is 3.70. The van der Waals surface area contributed by atoms with Crippen molar-refractivity contribution >= 4 is 17.8 Å². The number of phenols is 2. The minimum absolute atomic E-state index is 0.0163. The van der Waals surface area contributed by atoms with E-state index in [1.807, 2.05) is 13.8 Å². The number of hydrogen-bond acceptors (Lipinski definition) is 9. The van der Waals surface area contributed by atoms with Crippen molar-refractivity contribution in [1.82, 2.24) is 9.80 Å². The third-order valence-electron chi connectivity index (χ3n) is 13.8. The number of benzene rings is 2. The van der Waals surface area contributed by atoms with Gasteiger partial charge in [0.15, 0.2) is 0 Å². The van der Waals surface area contributed by atoms with Crippen molar-refractivity contribution < 1.29 is 49.4 Å². The Hall–Kier alpha value is -5.07. The van der Waals surface area contributed by atoms with Crippen molar-refractivity contribution in [2.75, 3.05) is 6.54 Å². The number of aliphatic hydroxyl groups excluding tert-OH is 2. The summed E-state index contributed by atoms with van der Waals surface area (Å²) in [6, 6.07) is 1.65. The molecule has 2 aromatic rings. The second-order valence-electron chi connectivity index (χ2n) is 19.6. The molecule has 4 aliphatic heterocycles. The number of carboxylic acids is 1. The van der Waals surface area contributed by atoms with Crippen LogP contribution in [-0.4, -0.2) is 89.1 Å². The van der Waals surface area contributed by atoms with E-state index in [0.717, 1.165) is 25.7 Å². The maximum Gasteiger partial charge on any atom is 0.326 e. The first-order valence-electron chi connectivity index (χ1n) is 23.1. The normalized spacial score (nSPS) is 23.2. The van der Waals surface area contributed by atoms with Crippen molar-refractivity contribution in [1.29, 1.82) is 0 Å². The maximum absolute atomic E-state index is 13.9. The Bertz CT molecular complexity index is 2250. The smallest absolute Gasteiger partial charge is 0.326 e. The third-order valence-corrected chi connectivity index (χ3v) is 13.8. The number of allylic oxidation sites excluding steroid dienone is 8. The SMILES string of the molecule is CC(C)=CCC/C(C)=C\CC[C@]1(C)Oc2c(c(O)cc3c2CN([C@@H](CCCCN2Cc4c(cc(O)c5c4O[C@](C)(CC/C=C(\C)CCC=C(C)C)[C@H](O)C5)C2=O)C(=O)O)C3=O)C[C@H]1O. The predicted molar refractivity (Wildman–Crippen MR) is 247 cm³/mol. The van der Waals surface area contributed by atoms with Gasteiger partial charge in [-0.15, -0.1) is 0 Å². The van der Waals surface area contributed by atoms with Gasteiger partial charge < -0.3 is 44.8 Å². The first kappa shape index (κ1) is 48.4. The number of unbranched alkanes of at least 4 members (excludes halogenated alkanes) is 1. The number of rotatable bonds is 19. The molecule has 0 aromatic heterocycles. The number of ether oxygens (including phenoxy) is 2. The molecule has 0 saturated carbocycles. The standard InChI is InChI=1S/C52H70N2O10/c1-31(2)15-11-17-33(5)19-13-22-51(7)44(57)27-37-42(55)25-35-39(46(37)63-51)29-53(48(35)59)24-10-9-21-41(50(61)62)54-30-40-36(49(54)60)26-43(56)38-28-45(58)52(8,64-47(38)40)23-14-20-34(6)18-12-16-32(3)4/h15-16,19-20,25-26,41,44-45,55-58H,9-14,17-18,21-24,27-30H2,1-8H3,(H,61,62)/b33-19+,34-20-/t41-,44+,45+,51+,52-/m0/s1. The van der Waals surface area contributed by atoms with Crippen LogP contribution in [0.15, 0.2) is 58.7 Å². The Kier molecular flexibility index (Phi) is 15.1. The zero-order valence-corrected chi connectivity index (χ0v) is 39.2. The summed E-state index contributed by atoms with van der Waals surface area (Å²) in [7, 11) is 0. The Morgan fingerprint density at radius 3 is 1.64 bits per heavy atom. The number of nitrogens with zero attached hydrogens (tertiary/aromatic N) is 2. The van der Waals surface area contributed by atoms with Crippen molar-refractivity contribution in [3.63, 3.8) is 0 Å². The molecule has 2 aromatic carbocycles. The number of phenolic OH excluding ortho intramolecular Hbond substituents is 2. The van der Waals surface area contributed by atoms with Crippen molar-refractivity contribution in [2.24, 2.45) is 0 Å². The van der Waals surface area contributed by atoms with Gasteiger partial charge in [0.05, 0.1) is 36.4 Å².